The molecule has 0 radical (unpaired) electrons. The number of carbonyl (C=O) groups excluding carboxylic acids is 2. The second-order valence-electron chi connectivity index (χ2n) is 18.0. The number of ether oxygens (including phenoxy) is 2. The van der Waals surface area contributed by atoms with Crippen molar-refractivity contribution in [3.63, 3.8) is 0 Å². The maximum absolute atomic E-state index is 13.7. The zero-order valence-electron chi connectivity index (χ0n) is 37.6. The Bertz CT molecular complexity index is 2110. The lowest BCUT2D eigenvalue weighted by molar-refractivity contribution is 0.101. The minimum Gasteiger partial charge on any atom is -0.496 e. The molecule has 2 heterocycles. The quantitative estimate of drug-likeness (QED) is 0.0889. The van der Waals surface area contributed by atoms with Gasteiger partial charge in [-0.2, -0.15) is 0 Å². The van der Waals surface area contributed by atoms with Crippen molar-refractivity contribution in [3.05, 3.63) is 101 Å². The number of carbonyl (C=O) groups is 2. The number of aromatic nitrogens is 2. The number of anilines is 2. The summed E-state index contributed by atoms with van der Waals surface area (Å²) in [4.78, 5) is 35.8. The van der Waals surface area contributed by atoms with Crippen LogP contribution in [0.4, 0.5) is 11.4 Å². The Hall–Kier alpha value is -4.67. The van der Waals surface area contributed by atoms with Crippen LogP contribution in [0.1, 0.15) is 84.8 Å². The van der Waals surface area contributed by atoms with E-state index in [1.165, 1.54) is 7.11 Å². The number of benzene rings is 2. The van der Waals surface area contributed by atoms with Gasteiger partial charge in [0, 0.05) is 53.6 Å². The Morgan fingerprint density at radius 2 is 1.17 bits per heavy atom. The van der Waals surface area contributed by atoms with Gasteiger partial charge in [0.1, 0.15) is 22.9 Å². The summed E-state index contributed by atoms with van der Waals surface area (Å²) >= 11 is 0. The van der Waals surface area contributed by atoms with Gasteiger partial charge < -0.3 is 34.3 Å². The molecule has 11 nitrogen and oxygen atoms in total. The molecule has 0 aliphatic carbocycles. The molecule has 0 saturated heterocycles. The first-order chi connectivity index (χ1) is 27.5. The zero-order valence-corrected chi connectivity index (χ0v) is 39.6. The molecule has 4 aromatic rings. The van der Waals surface area contributed by atoms with Gasteiger partial charge in [0.25, 0.3) is 11.8 Å². The number of hydrogen-bond acceptors (Lipinski definition) is 9. The highest BCUT2D eigenvalue weighted by atomic mass is 28.4. The van der Waals surface area contributed by atoms with Gasteiger partial charge in [-0.15, -0.1) is 0 Å². The van der Waals surface area contributed by atoms with E-state index in [0.29, 0.717) is 48.2 Å². The minimum atomic E-state index is -2.00. The monoisotopic (exact) mass is 839 g/mol. The topological polar surface area (TPSA) is 133 Å². The fourth-order valence-corrected chi connectivity index (χ4v) is 7.89. The molecule has 4 rings (SSSR count). The Morgan fingerprint density at radius 1 is 0.729 bits per heavy atom. The first-order valence-corrected chi connectivity index (χ1v) is 25.9. The highest BCUT2D eigenvalue weighted by Gasteiger charge is 2.39. The Kier molecular flexibility index (Phi) is 15.3. The molecule has 0 aliphatic rings. The fourth-order valence-electron chi connectivity index (χ4n) is 5.78. The molecular formula is C46H65N5O6Si2. The average molecular weight is 840 g/mol. The lowest BCUT2D eigenvalue weighted by Gasteiger charge is -2.39. The average Bonchev–Trinajstić information content (AvgIpc) is 3.18. The standard InChI is InChI=1S/C46H65N5O6Si2/c1-16-32-25-48-39(23-41(32)54-10)43(52)50-37-21-17-19-35(30(37)2)36-20-18-22-38(31(36)3)51-44(53)40-24-42(55-11)33(27-49-40)26-47-34(28-56-58(12,13)45(4,5)6)29-57-59(14,15)46(7,8)9/h16-25,27,34,47H,1,26,28-29H2,2-15H3,(H,50,52)(H,51,53). The Morgan fingerprint density at radius 3 is 1.59 bits per heavy atom. The van der Waals surface area contributed by atoms with Gasteiger partial charge in [-0.25, -0.2) is 0 Å². The number of nitrogens with zero attached hydrogens (tertiary/aromatic N) is 2. The SMILES string of the molecule is C=Cc1cnc(C(=O)Nc2cccc(-c3cccc(NC(=O)c4cc(OC)c(CNC(CO[Si](C)(C)C(C)(C)C)CO[Si](C)(C)C(C)(C)C)cn4)c3C)c2C)cc1OC. The van der Waals surface area contributed by atoms with E-state index >= 15 is 0 Å². The summed E-state index contributed by atoms with van der Waals surface area (Å²) in [5.41, 5.74) is 6.76. The van der Waals surface area contributed by atoms with E-state index in [2.05, 4.69) is 100 Å². The summed E-state index contributed by atoms with van der Waals surface area (Å²) in [5.74, 6) is 0.330. The molecule has 0 atom stereocenters. The molecule has 2 aromatic carbocycles. The van der Waals surface area contributed by atoms with Gasteiger partial charge >= 0.3 is 0 Å². The number of nitrogens with one attached hydrogen (secondary N) is 3. The summed E-state index contributed by atoms with van der Waals surface area (Å²) < 4.78 is 24.5. The number of amides is 2. The van der Waals surface area contributed by atoms with E-state index in [9.17, 15) is 9.59 Å². The van der Waals surface area contributed by atoms with Crippen molar-refractivity contribution >= 4 is 45.9 Å². The highest BCUT2D eigenvalue weighted by Crippen LogP contribution is 2.38. The van der Waals surface area contributed by atoms with Crippen LogP contribution in [0.25, 0.3) is 17.2 Å². The van der Waals surface area contributed by atoms with Crippen molar-refractivity contribution in [1.29, 1.82) is 0 Å². The smallest absolute Gasteiger partial charge is 0.274 e. The molecule has 0 bridgehead atoms. The largest absolute Gasteiger partial charge is 0.496 e. The third-order valence-electron chi connectivity index (χ3n) is 11.9. The molecule has 0 unspecified atom stereocenters. The first-order valence-electron chi connectivity index (χ1n) is 20.1. The first kappa shape index (κ1) is 47.0. The van der Waals surface area contributed by atoms with Crippen LogP contribution in [0, 0.1) is 13.8 Å². The van der Waals surface area contributed by atoms with Gasteiger partial charge in [0.05, 0.1) is 33.5 Å². The van der Waals surface area contributed by atoms with Gasteiger partial charge in [0.15, 0.2) is 16.6 Å². The second-order valence-corrected chi connectivity index (χ2v) is 27.6. The minimum absolute atomic E-state index is 0.0577. The van der Waals surface area contributed by atoms with E-state index in [4.69, 9.17) is 18.3 Å². The normalized spacial score (nSPS) is 12.3. The summed E-state index contributed by atoms with van der Waals surface area (Å²) in [6.07, 6.45) is 4.87. The van der Waals surface area contributed by atoms with Crippen LogP contribution in [0.2, 0.25) is 36.3 Å². The van der Waals surface area contributed by atoms with Crippen LogP contribution in [0.3, 0.4) is 0 Å². The second kappa shape index (κ2) is 19.2. The van der Waals surface area contributed by atoms with Crippen molar-refractivity contribution in [3.8, 4) is 22.6 Å². The maximum Gasteiger partial charge on any atom is 0.274 e. The lowest BCUT2D eigenvalue weighted by Crippen LogP contribution is -2.49. The molecule has 59 heavy (non-hydrogen) atoms. The van der Waals surface area contributed by atoms with Crippen molar-refractivity contribution in [1.82, 2.24) is 15.3 Å². The number of hydrogen-bond donors (Lipinski definition) is 3. The van der Waals surface area contributed by atoms with Crippen LogP contribution >= 0.6 is 0 Å². The van der Waals surface area contributed by atoms with E-state index in [0.717, 1.165) is 27.8 Å². The summed E-state index contributed by atoms with van der Waals surface area (Å²) in [7, 11) is -0.873. The molecule has 3 N–H and O–H groups in total. The van der Waals surface area contributed by atoms with E-state index in [1.54, 1.807) is 37.7 Å². The molecule has 0 spiro atoms. The van der Waals surface area contributed by atoms with Gasteiger partial charge in [-0.05, 0) is 84.5 Å². The summed E-state index contributed by atoms with van der Waals surface area (Å²) in [5, 5.41) is 9.86. The van der Waals surface area contributed by atoms with Crippen LogP contribution in [-0.4, -0.2) is 71.9 Å². The van der Waals surface area contributed by atoms with Gasteiger partial charge in [-0.1, -0.05) is 78.5 Å². The maximum atomic E-state index is 13.7. The van der Waals surface area contributed by atoms with Crippen LogP contribution in [-0.2, 0) is 15.4 Å². The van der Waals surface area contributed by atoms with E-state index < -0.39 is 16.6 Å². The number of pyridine rings is 2. The third kappa shape index (κ3) is 11.5. The number of rotatable bonds is 17. The Balaban J connectivity index is 1.51. The predicted octanol–water partition coefficient (Wildman–Crippen LogP) is 10.4. The Labute approximate surface area is 354 Å². The van der Waals surface area contributed by atoms with Gasteiger partial charge in [0.2, 0.25) is 0 Å². The molecular weight excluding hydrogens is 775 g/mol. The van der Waals surface area contributed by atoms with Gasteiger partial charge in [-0.3, -0.25) is 19.6 Å². The lowest BCUT2D eigenvalue weighted by atomic mass is 9.94. The number of methoxy groups -OCH3 is 2. The molecule has 0 aliphatic heterocycles. The van der Waals surface area contributed by atoms with Crippen LogP contribution in [0.5, 0.6) is 11.5 Å². The molecule has 0 fully saturated rings. The predicted molar refractivity (Wildman–Crippen MR) is 246 cm³/mol. The molecule has 2 aromatic heterocycles. The van der Waals surface area contributed by atoms with Crippen molar-refractivity contribution in [2.24, 2.45) is 0 Å². The van der Waals surface area contributed by atoms with E-state index in [1.807, 2.05) is 50.2 Å². The van der Waals surface area contributed by atoms with Crippen molar-refractivity contribution in [2.45, 2.75) is 104 Å². The third-order valence-corrected chi connectivity index (χ3v) is 20.9. The molecule has 13 heteroatoms. The molecule has 0 saturated carbocycles. The zero-order chi connectivity index (χ0) is 43.9. The highest BCUT2D eigenvalue weighted by molar-refractivity contribution is 6.74. The van der Waals surface area contributed by atoms with Crippen LogP contribution in [0.15, 0.2) is 67.5 Å². The van der Waals surface area contributed by atoms with Crippen molar-refractivity contribution in [2.75, 3.05) is 38.1 Å². The van der Waals surface area contributed by atoms with E-state index in [-0.39, 0.29) is 39.3 Å². The summed E-state index contributed by atoms with van der Waals surface area (Å²) in [6.45, 7) is 31.7. The summed E-state index contributed by atoms with van der Waals surface area (Å²) in [6, 6.07) is 14.7. The van der Waals surface area contributed by atoms with Crippen LogP contribution < -0.4 is 25.4 Å². The van der Waals surface area contributed by atoms with Crippen molar-refractivity contribution < 1.29 is 27.9 Å². The fraction of sp³-hybridized carbons (Fsp3) is 0.435. The molecule has 2 amide bonds. The molecule has 318 valence electrons.